The van der Waals surface area contributed by atoms with Crippen LogP contribution in [0, 0.1) is 0 Å². The summed E-state index contributed by atoms with van der Waals surface area (Å²) in [7, 11) is -3.04. The molecule has 1 heterocycles. The molecule has 0 saturated carbocycles. The Labute approximate surface area is 132 Å². The van der Waals surface area contributed by atoms with Gasteiger partial charge in [-0.3, -0.25) is 4.79 Å². The van der Waals surface area contributed by atoms with Crippen LogP contribution in [0.25, 0.3) is 0 Å². The van der Waals surface area contributed by atoms with E-state index in [1.54, 1.807) is 13.0 Å². The van der Waals surface area contributed by atoms with E-state index in [0.717, 1.165) is 5.56 Å². The number of hydrogen-bond donors (Lipinski definition) is 1. The van der Waals surface area contributed by atoms with E-state index in [2.05, 4.69) is 19.2 Å². The second kappa shape index (κ2) is 6.28. The standard InChI is InChI=1S/C16H23NO4S/c1-12(2)13-5-4-6-14(9-13)21-10-15(18)17-16(3)7-8-22(19,20)11-16/h4-6,9,12H,7-8,10-11H2,1-3H3,(H,17,18)/t16-/m0/s1. The van der Waals surface area contributed by atoms with E-state index < -0.39 is 15.4 Å². The van der Waals surface area contributed by atoms with Crippen LogP contribution in [0.15, 0.2) is 24.3 Å². The van der Waals surface area contributed by atoms with Crippen LogP contribution in [0.5, 0.6) is 5.75 Å². The summed E-state index contributed by atoms with van der Waals surface area (Å²) in [5, 5.41) is 2.78. The minimum atomic E-state index is -3.04. The van der Waals surface area contributed by atoms with Crippen molar-refractivity contribution in [1.82, 2.24) is 5.32 Å². The lowest BCUT2D eigenvalue weighted by Gasteiger charge is -2.23. The van der Waals surface area contributed by atoms with E-state index in [-0.39, 0.29) is 24.0 Å². The van der Waals surface area contributed by atoms with Gasteiger partial charge in [0.2, 0.25) is 0 Å². The zero-order valence-corrected chi connectivity index (χ0v) is 14.1. The molecule has 1 saturated heterocycles. The van der Waals surface area contributed by atoms with Crippen molar-refractivity contribution in [3.8, 4) is 5.75 Å². The van der Waals surface area contributed by atoms with Gasteiger partial charge in [0, 0.05) is 0 Å². The molecule has 1 amide bonds. The number of hydrogen-bond acceptors (Lipinski definition) is 4. The lowest BCUT2D eigenvalue weighted by atomic mass is 10.0. The van der Waals surface area contributed by atoms with Crippen LogP contribution in [-0.2, 0) is 14.6 Å². The van der Waals surface area contributed by atoms with E-state index in [4.69, 9.17) is 4.74 Å². The number of nitrogens with one attached hydrogen (secondary N) is 1. The molecule has 1 atom stereocenters. The van der Waals surface area contributed by atoms with E-state index in [9.17, 15) is 13.2 Å². The highest BCUT2D eigenvalue weighted by Gasteiger charge is 2.39. The topological polar surface area (TPSA) is 72.5 Å². The Hall–Kier alpha value is -1.56. The molecule has 0 spiro atoms. The smallest absolute Gasteiger partial charge is 0.258 e. The van der Waals surface area contributed by atoms with Gasteiger partial charge in [-0.1, -0.05) is 26.0 Å². The Kier molecular flexibility index (Phi) is 4.80. The van der Waals surface area contributed by atoms with Crippen molar-refractivity contribution in [2.75, 3.05) is 18.1 Å². The van der Waals surface area contributed by atoms with Crippen LogP contribution < -0.4 is 10.1 Å². The molecule has 0 radical (unpaired) electrons. The van der Waals surface area contributed by atoms with Crippen molar-refractivity contribution in [3.05, 3.63) is 29.8 Å². The number of rotatable bonds is 5. The number of ether oxygens (including phenoxy) is 1. The average molecular weight is 325 g/mol. The molecule has 1 aliphatic heterocycles. The largest absolute Gasteiger partial charge is 0.484 e. The Morgan fingerprint density at radius 3 is 2.73 bits per heavy atom. The van der Waals surface area contributed by atoms with Gasteiger partial charge in [-0.25, -0.2) is 8.42 Å². The summed E-state index contributed by atoms with van der Waals surface area (Å²) in [6, 6.07) is 7.63. The normalized spacial score (nSPS) is 23.5. The summed E-state index contributed by atoms with van der Waals surface area (Å²) in [6.45, 7) is 5.83. The summed E-state index contributed by atoms with van der Waals surface area (Å²) in [6.07, 6.45) is 0.448. The van der Waals surface area contributed by atoms with Crippen LogP contribution in [-0.4, -0.2) is 38.0 Å². The predicted octanol–water partition coefficient (Wildman–Crippen LogP) is 1.88. The van der Waals surface area contributed by atoms with E-state index in [0.29, 0.717) is 18.1 Å². The molecule has 0 unspecified atom stereocenters. The van der Waals surface area contributed by atoms with Gasteiger partial charge in [-0.2, -0.15) is 0 Å². The number of amides is 1. The highest BCUT2D eigenvalue weighted by atomic mass is 32.2. The van der Waals surface area contributed by atoms with Crippen LogP contribution in [0.1, 0.15) is 38.7 Å². The first-order chi connectivity index (χ1) is 10.2. The summed E-state index contributed by atoms with van der Waals surface area (Å²) < 4.78 is 28.6. The maximum atomic E-state index is 12.0. The van der Waals surface area contributed by atoms with Crippen molar-refractivity contribution in [3.63, 3.8) is 0 Å². The third-order valence-corrected chi connectivity index (χ3v) is 5.74. The molecule has 6 heteroatoms. The Bertz CT molecular complexity index is 654. The third-order valence-electron chi connectivity index (χ3n) is 3.84. The van der Waals surface area contributed by atoms with Gasteiger partial charge in [0.15, 0.2) is 16.4 Å². The van der Waals surface area contributed by atoms with Gasteiger partial charge < -0.3 is 10.1 Å². The zero-order chi connectivity index (χ0) is 16.4. The molecular weight excluding hydrogens is 302 g/mol. The van der Waals surface area contributed by atoms with Crippen molar-refractivity contribution >= 4 is 15.7 Å². The van der Waals surface area contributed by atoms with E-state index in [1.807, 2.05) is 18.2 Å². The third kappa shape index (κ3) is 4.47. The maximum absolute atomic E-state index is 12.0. The highest BCUT2D eigenvalue weighted by Crippen LogP contribution is 2.23. The van der Waals surface area contributed by atoms with Crippen LogP contribution >= 0.6 is 0 Å². The van der Waals surface area contributed by atoms with E-state index in [1.165, 1.54) is 0 Å². The Morgan fingerprint density at radius 2 is 2.14 bits per heavy atom. The minimum Gasteiger partial charge on any atom is -0.484 e. The molecule has 1 N–H and O–H groups in total. The second-order valence-corrected chi connectivity index (χ2v) is 8.65. The van der Waals surface area contributed by atoms with Crippen molar-refractivity contribution in [2.24, 2.45) is 0 Å². The molecule has 1 fully saturated rings. The Balaban J connectivity index is 1.89. The van der Waals surface area contributed by atoms with Crippen LogP contribution in [0.3, 0.4) is 0 Å². The molecule has 1 aromatic rings. The van der Waals surface area contributed by atoms with Gasteiger partial charge in [0.25, 0.3) is 5.91 Å². The average Bonchev–Trinajstić information content (AvgIpc) is 2.70. The zero-order valence-electron chi connectivity index (χ0n) is 13.3. The molecule has 0 aliphatic carbocycles. The van der Waals surface area contributed by atoms with Crippen LogP contribution in [0.2, 0.25) is 0 Å². The molecule has 0 bridgehead atoms. The quantitative estimate of drug-likeness (QED) is 0.897. The van der Waals surface area contributed by atoms with Gasteiger partial charge in [-0.05, 0) is 37.0 Å². The Morgan fingerprint density at radius 1 is 1.41 bits per heavy atom. The fraction of sp³-hybridized carbons (Fsp3) is 0.562. The molecule has 5 nitrogen and oxygen atoms in total. The molecule has 0 aromatic heterocycles. The number of sulfone groups is 1. The van der Waals surface area contributed by atoms with Crippen molar-refractivity contribution in [2.45, 2.75) is 38.6 Å². The molecule has 22 heavy (non-hydrogen) atoms. The first-order valence-corrected chi connectivity index (χ1v) is 9.25. The monoisotopic (exact) mass is 325 g/mol. The number of carbonyl (C=O) groups excluding carboxylic acids is 1. The molecular formula is C16H23NO4S. The first-order valence-electron chi connectivity index (χ1n) is 7.43. The second-order valence-electron chi connectivity index (χ2n) is 6.47. The molecule has 122 valence electrons. The summed E-state index contributed by atoms with van der Waals surface area (Å²) in [5.41, 5.74) is 0.464. The van der Waals surface area contributed by atoms with Crippen LogP contribution in [0.4, 0.5) is 0 Å². The lowest BCUT2D eigenvalue weighted by Crippen LogP contribution is -2.48. The fourth-order valence-corrected chi connectivity index (χ4v) is 4.69. The van der Waals surface area contributed by atoms with Crippen molar-refractivity contribution in [1.29, 1.82) is 0 Å². The number of benzene rings is 1. The lowest BCUT2D eigenvalue weighted by molar-refractivity contribution is -0.124. The van der Waals surface area contributed by atoms with Gasteiger partial charge in [-0.15, -0.1) is 0 Å². The highest BCUT2D eigenvalue weighted by molar-refractivity contribution is 7.91. The van der Waals surface area contributed by atoms with E-state index >= 15 is 0 Å². The number of carbonyl (C=O) groups is 1. The molecule has 1 aromatic carbocycles. The summed E-state index contributed by atoms with van der Waals surface area (Å²) in [4.78, 5) is 12.0. The SMILES string of the molecule is CC(C)c1cccc(OCC(=O)N[C@@]2(C)CCS(=O)(=O)C2)c1. The van der Waals surface area contributed by atoms with Gasteiger partial charge in [0.1, 0.15) is 5.75 Å². The summed E-state index contributed by atoms with van der Waals surface area (Å²) in [5.74, 6) is 0.857. The first kappa shape index (κ1) is 16.8. The fourth-order valence-electron chi connectivity index (χ4n) is 2.59. The summed E-state index contributed by atoms with van der Waals surface area (Å²) >= 11 is 0. The van der Waals surface area contributed by atoms with Gasteiger partial charge in [0.05, 0.1) is 17.0 Å². The molecule has 2 rings (SSSR count). The van der Waals surface area contributed by atoms with Crippen molar-refractivity contribution < 1.29 is 17.9 Å². The predicted molar refractivity (Wildman–Crippen MR) is 85.8 cm³/mol. The molecule has 1 aliphatic rings. The van der Waals surface area contributed by atoms with Gasteiger partial charge >= 0.3 is 0 Å². The minimum absolute atomic E-state index is 0.00538. The maximum Gasteiger partial charge on any atom is 0.258 e.